The molecule has 1 aliphatic heterocycles. The molecule has 9 nitrogen and oxygen atoms in total. The summed E-state index contributed by atoms with van der Waals surface area (Å²) in [5.74, 6) is 2.03. The van der Waals surface area contributed by atoms with Gasteiger partial charge >= 0.3 is 0 Å². The van der Waals surface area contributed by atoms with E-state index in [9.17, 15) is 4.79 Å². The van der Waals surface area contributed by atoms with Gasteiger partial charge in [0.1, 0.15) is 11.5 Å². The third-order valence-corrected chi connectivity index (χ3v) is 5.84. The molecule has 4 aromatic rings. The number of hydrogen-bond acceptors (Lipinski definition) is 7. The molecule has 9 heteroatoms. The van der Waals surface area contributed by atoms with Crippen LogP contribution in [0.15, 0.2) is 59.3 Å². The predicted molar refractivity (Wildman–Crippen MR) is 124 cm³/mol. The molecule has 0 radical (unpaired) electrons. The fourth-order valence-electron chi connectivity index (χ4n) is 3.94. The van der Waals surface area contributed by atoms with Crippen LogP contribution in [0.2, 0.25) is 0 Å². The summed E-state index contributed by atoms with van der Waals surface area (Å²) < 4.78 is 6.84. The van der Waals surface area contributed by atoms with Gasteiger partial charge in [0.05, 0.1) is 5.69 Å². The van der Waals surface area contributed by atoms with Crippen molar-refractivity contribution in [3.63, 3.8) is 0 Å². The van der Waals surface area contributed by atoms with Gasteiger partial charge in [0.2, 0.25) is 11.7 Å². The molecule has 33 heavy (non-hydrogen) atoms. The van der Waals surface area contributed by atoms with E-state index >= 15 is 0 Å². The van der Waals surface area contributed by atoms with Crippen molar-refractivity contribution in [1.82, 2.24) is 29.8 Å². The minimum absolute atomic E-state index is 0.000951. The molecule has 0 bridgehead atoms. The van der Waals surface area contributed by atoms with E-state index in [-0.39, 0.29) is 5.91 Å². The van der Waals surface area contributed by atoms with E-state index in [0.717, 1.165) is 22.6 Å². The number of aryl methyl sites for hydroxylation is 2. The zero-order chi connectivity index (χ0) is 22.8. The SMILES string of the molecule is CCc1nc(-c2ccc(N3CCN(C(=O)c4cc(-c5ccccc5)nn4C)CC3)nc2)no1. The maximum atomic E-state index is 13.1. The van der Waals surface area contributed by atoms with Crippen molar-refractivity contribution in [1.29, 1.82) is 0 Å². The van der Waals surface area contributed by atoms with Gasteiger partial charge in [-0.1, -0.05) is 42.4 Å². The molecular formula is C24H25N7O2. The lowest BCUT2D eigenvalue weighted by molar-refractivity contribution is 0.0735. The number of amides is 1. The van der Waals surface area contributed by atoms with Crippen molar-refractivity contribution < 1.29 is 9.32 Å². The van der Waals surface area contributed by atoms with E-state index in [1.807, 2.05) is 67.4 Å². The van der Waals surface area contributed by atoms with E-state index < -0.39 is 0 Å². The average molecular weight is 444 g/mol. The quantitative estimate of drug-likeness (QED) is 0.468. The Morgan fingerprint density at radius 3 is 2.48 bits per heavy atom. The monoisotopic (exact) mass is 443 g/mol. The molecule has 0 unspecified atom stereocenters. The highest BCUT2D eigenvalue weighted by Gasteiger charge is 2.25. The highest BCUT2D eigenvalue weighted by molar-refractivity contribution is 5.94. The van der Waals surface area contributed by atoms with Gasteiger partial charge in [-0.15, -0.1) is 0 Å². The number of carbonyl (C=O) groups is 1. The summed E-state index contributed by atoms with van der Waals surface area (Å²) in [6.07, 6.45) is 2.46. The number of anilines is 1. The van der Waals surface area contributed by atoms with Gasteiger partial charge < -0.3 is 14.3 Å². The van der Waals surface area contributed by atoms with Gasteiger partial charge in [0, 0.05) is 57.0 Å². The molecule has 0 saturated carbocycles. The molecule has 1 aromatic carbocycles. The summed E-state index contributed by atoms with van der Waals surface area (Å²) in [4.78, 5) is 26.1. The molecule has 0 N–H and O–H groups in total. The van der Waals surface area contributed by atoms with Crippen molar-refractivity contribution in [2.24, 2.45) is 7.05 Å². The first-order valence-electron chi connectivity index (χ1n) is 11.0. The number of carbonyl (C=O) groups excluding carboxylic acids is 1. The summed E-state index contributed by atoms with van der Waals surface area (Å²) in [7, 11) is 1.81. The second-order valence-electron chi connectivity index (χ2n) is 7.95. The molecule has 168 valence electrons. The van der Waals surface area contributed by atoms with E-state index in [1.165, 1.54) is 0 Å². The van der Waals surface area contributed by atoms with E-state index in [0.29, 0.717) is 50.0 Å². The first-order valence-corrected chi connectivity index (χ1v) is 11.0. The Balaban J connectivity index is 1.23. The number of nitrogens with zero attached hydrogens (tertiary/aromatic N) is 7. The van der Waals surface area contributed by atoms with Crippen LogP contribution in [0.4, 0.5) is 5.82 Å². The zero-order valence-electron chi connectivity index (χ0n) is 18.7. The molecule has 5 rings (SSSR count). The van der Waals surface area contributed by atoms with Crippen LogP contribution in [0.25, 0.3) is 22.6 Å². The van der Waals surface area contributed by atoms with Gasteiger partial charge in [-0.3, -0.25) is 9.48 Å². The largest absolute Gasteiger partial charge is 0.353 e. The lowest BCUT2D eigenvalue weighted by atomic mass is 10.1. The van der Waals surface area contributed by atoms with Crippen LogP contribution in [-0.2, 0) is 13.5 Å². The van der Waals surface area contributed by atoms with Gasteiger partial charge in [0.15, 0.2) is 0 Å². The van der Waals surface area contributed by atoms with Crippen LogP contribution in [0.5, 0.6) is 0 Å². The first-order chi connectivity index (χ1) is 16.1. The van der Waals surface area contributed by atoms with Crippen LogP contribution < -0.4 is 4.90 Å². The Morgan fingerprint density at radius 2 is 1.82 bits per heavy atom. The highest BCUT2D eigenvalue weighted by Crippen LogP contribution is 2.22. The first kappa shape index (κ1) is 20.9. The Hall–Kier alpha value is -4.01. The van der Waals surface area contributed by atoms with Crippen LogP contribution >= 0.6 is 0 Å². The number of aromatic nitrogens is 5. The summed E-state index contributed by atoms with van der Waals surface area (Å²) in [6, 6.07) is 15.7. The minimum Gasteiger partial charge on any atom is -0.353 e. The van der Waals surface area contributed by atoms with Crippen LogP contribution in [0.3, 0.4) is 0 Å². The number of pyridine rings is 1. The number of benzene rings is 1. The van der Waals surface area contributed by atoms with E-state index in [4.69, 9.17) is 4.52 Å². The fraction of sp³-hybridized carbons (Fsp3) is 0.292. The Kier molecular flexibility index (Phi) is 5.60. The molecule has 4 heterocycles. The molecule has 0 spiro atoms. The fourth-order valence-corrected chi connectivity index (χ4v) is 3.94. The molecule has 1 saturated heterocycles. The van der Waals surface area contributed by atoms with E-state index in [1.54, 1.807) is 10.9 Å². The summed E-state index contributed by atoms with van der Waals surface area (Å²) in [5, 5.41) is 8.53. The van der Waals surface area contributed by atoms with E-state index in [2.05, 4.69) is 25.1 Å². The molecular weight excluding hydrogens is 418 g/mol. The summed E-state index contributed by atoms with van der Waals surface area (Å²) in [6.45, 7) is 4.64. The van der Waals surface area contributed by atoms with Crippen LogP contribution in [-0.4, -0.2) is 61.9 Å². The van der Waals surface area contributed by atoms with Crippen LogP contribution in [0.1, 0.15) is 23.3 Å². The minimum atomic E-state index is -0.000951. The lowest BCUT2D eigenvalue weighted by Crippen LogP contribution is -2.49. The van der Waals surface area contributed by atoms with Crippen molar-refractivity contribution in [2.75, 3.05) is 31.1 Å². The molecule has 0 aliphatic carbocycles. The van der Waals surface area contributed by atoms with Crippen molar-refractivity contribution >= 4 is 11.7 Å². The highest BCUT2D eigenvalue weighted by atomic mass is 16.5. The average Bonchev–Trinajstić information content (AvgIpc) is 3.51. The van der Waals surface area contributed by atoms with Gasteiger partial charge in [-0.05, 0) is 18.2 Å². The summed E-state index contributed by atoms with van der Waals surface area (Å²) in [5.41, 5.74) is 3.22. The second-order valence-corrected chi connectivity index (χ2v) is 7.95. The molecule has 0 atom stereocenters. The second kappa shape index (κ2) is 8.85. The van der Waals surface area contributed by atoms with Gasteiger partial charge in [-0.2, -0.15) is 10.1 Å². The summed E-state index contributed by atoms with van der Waals surface area (Å²) >= 11 is 0. The predicted octanol–water partition coefficient (Wildman–Crippen LogP) is 3.06. The maximum absolute atomic E-state index is 13.1. The number of piperazine rings is 1. The van der Waals surface area contributed by atoms with Crippen molar-refractivity contribution in [3.05, 3.63) is 66.3 Å². The maximum Gasteiger partial charge on any atom is 0.272 e. The third kappa shape index (κ3) is 4.21. The number of rotatable bonds is 5. The molecule has 1 aliphatic rings. The molecule has 1 fully saturated rings. The standard InChI is InChI=1S/C24H25N7O2/c1-3-22-26-23(28-33-22)18-9-10-21(25-16-18)30-11-13-31(14-12-30)24(32)20-15-19(27-29(20)2)17-7-5-4-6-8-17/h4-10,15-16H,3,11-14H2,1-2H3. The normalized spacial score (nSPS) is 14.0. The number of hydrogen-bond donors (Lipinski definition) is 0. The van der Waals surface area contributed by atoms with Crippen molar-refractivity contribution in [3.8, 4) is 22.6 Å². The smallest absolute Gasteiger partial charge is 0.272 e. The Morgan fingerprint density at radius 1 is 1.03 bits per heavy atom. The third-order valence-electron chi connectivity index (χ3n) is 5.84. The molecule has 3 aromatic heterocycles. The van der Waals surface area contributed by atoms with Crippen LogP contribution in [0, 0.1) is 0 Å². The zero-order valence-corrected chi connectivity index (χ0v) is 18.7. The van der Waals surface area contributed by atoms with Crippen molar-refractivity contribution in [2.45, 2.75) is 13.3 Å². The van der Waals surface area contributed by atoms with Gasteiger partial charge in [0.25, 0.3) is 5.91 Å². The molecule has 1 amide bonds. The lowest BCUT2D eigenvalue weighted by Gasteiger charge is -2.35. The van der Waals surface area contributed by atoms with Gasteiger partial charge in [-0.25, -0.2) is 4.98 Å². The Labute approximate surface area is 191 Å². The topological polar surface area (TPSA) is 93.2 Å². The Bertz CT molecular complexity index is 1240.